The summed E-state index contributed by atoms with van der Waals surface area (Å²) in [5.41, 5.74) is 8.64. The normalized spacial score (nSPS) is 16.0. The summed E-state index contributed by atoms with van der Waals surface area (Å²) < 4.78 is 59.0. The van der Waals surface area contributed by atoms with Gasteiger partial charge in [-0.3, -0.25) is 9.82 Å². The van der Waals surface area contributed by atoms with Gasteiger partial charge in [0.05, 0.1) is 24.6 Å². The molecule has 1 fully saturated rings. The van der Waals surface area contributed by atoms with Crippen molar-refractivity contribution in [2.24, 2.45) is 0 Å². The highest BCUT2D eigenvalue weighted by molar-refractivity contribution is 7.92. The van der Waals surface area contributed by atoms with Crippen LogP contribution in [0.5, 0.6) is 11.5 Å². The second-order valence-electron chi connectivity index (χ2n) is 8.49. The minimum absolute atomic E-state index is 0.0812. The van der Waals surface area contributed by atoms with Gasteiger partial charge < -0.3 is 25.3 Å². The van der Waals surface area contributed by atoms with Crippen molar-refractivity contribution in [3.8, 4) is 22.6 Å². The Hall–Kier alpha value is -3.87. The van der Waals surface area contributed by atoms with Gasteiger partial charge in [0.25, 0.3) is 10.0 Å². The summed E-state index contributed by atoms with van der Waals surface area (Å²) in [6, 6.07) is 14.0. The minimum atomic E-state index is -4.17. The van der Waals surface area contributed by atoms with Crippen molar-refractivity contribution in [1.29, 1.82) is 0 Å². The van der Waals surface area contributed by atoms with Gasteiger partial charge in [0.15, 0.2) is 5.82 Å². The third-order valence-corrected chi connectivity index (χ3v) is 7.38. The van der Waals surface area contributed by atoms with Crippen molar-refractivity contribution in [3.05, 3.63) is 60.4 Å². The molecule has 1 unspecified atom stereocenters. The first-order valence-corrected chi connectivity index (χ1v) is 13.0. The number of nitrogens with one attached hydrogen (secondary N) is 3. The van der Waals surface area contributed by atoms with E-state index in [0.29, 0.717) is 42.2 Å². The molecule has 1 saturated heterocycles. The predicted molar refractivity (Wildman–Crippen MR) is 138 cm³/mol. The Morgan fingerprint density at radius 1 is 1.16 bits per heavy atom. The molecule has 0 saturated carbocycles. The maximum atomic E-state index is 14.2. The molecule has 37 heavy (non-hydrogen) atoms. The number of hydrogen-bond acceptors (Lipinski definition) is 8. The molecule has 5 N–H and O–H groups in total. The van der Waals surface area contributed by atoms with Gasteiger partial charge in [0.1, 0.15) is 34.9 Å². The molecule has 2 heterocycles. The molecular formula is C25H26FN5O5S. The highest BCUT2D eigenvalue weighted by Crippen LogP contribution is 2.35. The average molecular weight is 528 g/mol. The number of anilines is 2. The van der Waals surface area contributed by atoms with E-state index in [4.69, 9.17) is 19.9 Å². The Labute approximate surface area is 213 Å². The maximum absolute atomic E-state index is 14.2. The van der Waals surface area contributed by atoms with E-state index in [1.807, 2.05) is 12.1 Å². The molecule has 0 radical (unpaired) electrons. The molecule has 10 nitrogen and oxygen atoms in total. The van der Waals surface area contributed by atoms with Crippen LogP contribution in [0.3, 0.4) is 0 Å². The fourth-order valence-electron chi connectivity index (χ4n) is 4.09. The maximum Gasteiger partial charge on any atom is 0.264 e. The van der Waals surface area contributed by atoms with Gasteiger partial charge in [-0.2, -0.15) is 5.10 Å². The number of nitrogens with two attached hydrogens (primary N) is 1. The average Bonchev–Trinajstić information content (AvgIpc) is 3.29. The molecule has 4 aromatic rings. The number of halogens is 1. The van der Waals surface area contributed by atoms with Crippen LogP contribution in [-0.2, 0) is 14.8 Å². The van der Waals surface area contributed by atoms with Crippen LogP contribution < -0.4 is 25.2 Å². The number of nitrogen functional groups attached to an aromatic ring is 1. The first-order valence-electron chi connectivity index (χ1n) is 11.5. The van der Waals surface area contributed by atoms with E-state index in [1.165, 1.54) is 13.2 Å². The van der Waals surface area contributed by atoms with Crippen LogP contribution in [0.2, 0.25) is 0 Å². The van der Waals surface area contributed by atoms with Crippen molar-refractivity contribution in [2.75, 3.05) is 43.9 Å². The van der Waals surface area contributed by atoms with Crippen LogP contribution in [0.25, 0.3) is 22.0 Å². The fraction of sp³-hybridized carbons (Fsp3) is 0.240. The molecule has 194 valence electrons. The van der Waals surface area contributed by atoms with Gasteiger partial charge in [0.2, 0.25) is 0 Å². The molecule has 1 atom stereocenters. The molecule has 0 spiro atoms. The topological polar surface area (TPSA) is 141 Å². The second-order valence-corrected chi connectivity index (χ2v) is 10.1. The van der Waals surface area contributed by atoms with E-state index in [0.717, 1.165) is 29.8 Å². The number of hydrogen-bond donors (Lipinski definition) is 4. The Bertz CT molecular complexity index is 1520. The van der Waals surface area contributed by atoms with E-state index in [2.05, 4.69) is 20.2 Å². The number of aromatic nitrogens is 2. The SMILES string of the molecule is COc1ccc(F)c(S(=O)(=O)Nc2ccc(-c3cc(OCC4CNCCO4)c4c(N)n[nH]c4c3)cc2)c1. The number of morpholine rings is 1. The number of H-pyrrole nitrogens is 1. The monoisotopic (exact) mass is 527 g/mol. The number of benzene rings is 3. The summed E-state index contributed by atoms with van der Waals surface area (Å²) in [7, 11) is -2.80. The van der Waals surface area contributed by atoms with Crippen molar-refractivity contribution in [1.82, 2.24) is 15.5 Å². The lowest BCUT2D eigenvalue weighted by molar-refractivity contribution is 0.000526. The fourth-order valence-corrected chi connectivity index (χ4v) is 5.24. The zero-order valence-corrected chi connectivity index (χ0v) is 20.8. The lowest BCUT2D eigenvalue weighted by Gasteiger charge is -2.24. The largest absolute Gasteiger partial charge is 0.497 e. The van der Waals surface area contributed by atoms with Gasteiger partial charge in [-0.25, -0.2) is 12.8 Å². The van der Waals surface area contributed by atoms with E-state index < -0.39 is 20.7 Å². The summed E-state index contributed by atoms with van der Waals surface area (Å²) in [5, 5.41) is 11.0. The minimum Gasteiger partial charge on any atom is -0.497 e. The lowest BCUT2D eigenvalue weighted by atomic mass is 10.0. The van der Waals surface area contributed by atoms with Crippen LogP contribution >= 0.6 is 0 Å². The number of nitrogens with zero attached hydrogens (tertiary/aromatic N) is 1. The van der Waals surface area contributed by atoms with Gasteiger partial charge in [0, 0.05) is 24.8 Å². The van der Waals surface area contributed by atoms with Crippen molar-refractivity contribution < 1.29 is 27.0 Å². The first kappa shape index (κ1) is 24.8. The van der Waals surface area contributed by atoms with Crippen molar-refractivity contribution >= 4 is 32.4 Å². The zero-order valence-electron chi connectivity index (χ0n) is 20.0. The molecule has 0 bridgehead atoms. The van der Waals surface area contributed by atoms with Gasteiger partial charge >= 0.3 is 0 Å². The van der Waals surface area contributed by atoms with Crippen molar-refractivity contribution in [3.63, 3.8) is 0 Å². The summed E-state index contributed by atoms with van der Waals surface area (Å²) in [6.07, 6.45) is -0.0812. The molecule has 5 rings (SSSR count). The van der Waals surface area contributed by atoms with Crippen LogP contribution in [0, 0.1) is 5.82 Å². The third kappa shape index (κ3) is 5.31. The number of sulfonamides is 1. The highest BCUT2D eigenvalue weighted by atomic mass is 32.2. The molecule has 12 heteroatoms. The Balaban J connectivity index is 1.39. The van der Waals surface area contributed by atoms with Gasteiger partial charge in [-0.05, 0) is 47.5 Å². The highest BCUT2D eigenvalue weighted by Gasteiger charge is 2.21. The number of rotatable bonds is 8. The van der Waals surface area contributed by atoms with E-state index >= 15 is 0 Å². The Morgan fingerprint density at radius 3 is 2.70 bits per heavy atom. The number of aromatic amines is 1. The second kappa shape index (κ2) is 10.2. The van der Waals surface area contributed by atoms with Crippen molar-refractivity contribution in [2.45, 2.75) is 11.0 Å². The number of fused-ring (bicyclic) bond motifs is 1. The van der Waals surface area contributed by atoms with E-state index in [-0.39, 0.29) is 17.5 Å². The lowest BCUT2D eigenvalue weighted by Crippen LogP contribution is -2.41. The molecule has 1 aliphatic rings. The number of methoxy groups -OCH3 is 1. The third-order valence-electron chi connectivity index (χ3n) is 5.98. The number of ether oxygens (including phenoxy) is 3. The standard InChI is InChI=1S/C25H26FN5O5S/c1-34-18-6-7-20(26)23(12-18)37(32,33)31-17-4-2-15(3-5-17)16-10-21-24(25(27)30-29-21)22(11-16)36-14-19-13-28-8-9-35-19/h2-7,10-12,19,28,31H,8-9,13-14H2,1H3,(H3,27,29,30). The molecule has 1 aliphatic heterocycles. The molecule has 3 aromatic carbocycles. The summed E-state index contributed by atoms with van der Waals surface area (Å²) in [5.74, 6) is 0.246. The van der Waals surface area contributed by atoms with Gasteiger partial charge in [-0.1, -0.05) is 12.1 Å². The first-order chi connectivity index (χ1) is 17.8. The molecular weight excluding hydrogens is 501 g/mol. The Morgan fingerprint density at radius 2 is 1.97 bits per heavy atom. The summed E-state index contributed by atoms with van der Waals surface area (Å²) in [6.45, 7) is 2.47. The van der Waals surface area contributed by atoms with Crippen LogP contribution in [0.15, 0.2) is 59.5 Å². The van der Waals surface area contributed by atoms with E-state index in [9.17, 15) is 12.8 Å². The summed E-state index contributed by atoms with van der Waals surface area (Å²) >= 11 is 0. The van der Waals surface area contributed by atoms with Gasteiger partial charge in [-0.15, -0.1) is 0 Å². The van der Waals surface area contributed by atoms with E-state index in [1.54, 1.807) is 24.3 Å². The van der Waals surface area contributed by atoms with Crippen LogP contribution in [0.4, 0.5) is 15.9 Å². The predicted octanol–water partition coefficient (Wildman–Crippen LogP) is 3.13. The van der Waals surface area contributed by atoms with Crippen LogP contribution in [0.1, 0.15) is 0 Å². The van der Waals surface area contributed by atoms with Crippen LogP contribution in [-0.4, -0.2) is 58.1 Å². The quantitative estimate of drug-likeness (QED) is 0.274. The summed E-state index contributed by atoms with van der Waals surface area (Å²) in [4.78, 5) is -0.503. The molecule has 0 aliphatic carbocycles. The zero-order chi connectivity index (χ0) is 26.0. The molecule has 0 amide bonds. The Kier molecular flexibility index (Phi) is 6.87. The molecule has 1 aromatic heterocycles. The smallest absolute Gasteiger partial charge is 0.264 e.